The van der Waals surface area contributed by atoms with Gasteiger partial charge in [-0.15, -0.1) is 0 Å². The van der Waals surface area contributed by atoms with Gasteiger partial charge in [-0.05, 0) is 0 Å². The summed E-state index contributed by atoms with van der Waals surface area (Å²) in [4.78, 5) is 10.0. The van der Waals surface area contributed by atoms with Crippen LogP contribution in [0.1, 0.15) is 0 Å². The normalized spacial score (nSPS) is 12.6. The maximum Gasteiger partial charge on any atom is 0.331 e. The van der Waals surface area contributed by atoms with E-state index in [1.54, 1.807) is 0 Å². The molecule has 3 nitrogen and oxygen atoms in total. The molecule has 1 unspecified atom stereocenters. The highest BCUT2D eigenvalue weighted by Crippen LogP contribution is 1.91. The third kappa shape index (κ3) is 3.90. The van der Waals surface area contributed by atoms with Gasteiger partial charge in [-0.25, -0.2) is 4.79 Å². The van der Waals surface area contributed by atoms with E-state index >= 15 is 0 Å². The average molecular weight is 148 g/mol. The van der Waals surface area contributed by atoms with Crippen molar-refractivity contribution in [1.29, 1.82) is 0 Å². The molecule has 0 aromatic heterocycles. The van der Waals surface area contributed by atoms with Gasteiger partial charge in [-0.2, -0.15) is 0 Å². The fourth-order valence-corrected chi connectivity index (χ4v) is 0.921. The van der Waals surface area contributed by atoms with Crippen molar-refractivity contribution >= 4 is 16.8 Å². The lowest BCUT2D eigenvalue weighted by Crippen LogP contribution is -2.06. The SMILES string of the molecule is C=C(CS(C)=O)C(=O)O. The van der Waals surface area contributed by atoms with Crippen LogP contribution in [0.3, 0.4) is 0 Å². The fraction of sp³-hybridized carbons (Fsp3) is 0.400. The molecule has 0 amide bonds. The van der Waals surface area contributed by atoms with Crippen molar-refractivity contribution < 1.29 is 14.1 Å². The van der Waals surface area contributed by atoms with Crippen molar-refractivity contribution in [3.63, 3.8) is 0 Å². The van der Waals surface area contributed by atoms with E-state index in [1.165, 1.54) is 6.26 Å². The maximum absolute atomic E-state index is 10.3. The number of carboxylic acids is 1. The Kier molecular flexibility index (Phi) is 3.16. The molecule has 0 rings (SSSR count). The van der Waals surface area contributed by atoms with Crippen molar-refractivity contribution in [3.8, 4) is 0 Å². The second-order valence-electron chi connectivity index (χ2n) is 1.63. The van der Waals surface area contributed by atoms with E-state index in [9.17, 15) is 9.00 Å². The number of carbonyl (C=O) groups is 1. The smallest absolute Gasteiger partial charge is 0.331 e. The Morgan fingerprint density at radius 1 is 1.78 bits per heavy atom. The minimum Gasteiger partial charge on any atom is -0.478 e. The summed E-state index contributed by atoms with van der Waals surface area (Å²) in [5, 5.41) is 8.20. The summed E-state index contributed by atoms with van der Waals surface area (Å²) in [7, 11) is -1.10. The standard InChI is InChI=1S/C5H8O3S/c1-4(5(6)7)3-9(2)8/h1,3H2,2H3,(H,6,7). The highest BCUT2D eigenvalue weighted by atomic mass is 32.2. The molecule has 0 fully saturated rings. The van der Waals surface area contributed by atoms with Gasteiger partial charge in [-0.1, -0.05) is 6.58 Å². The van der Waals surface area contributed by atoms with E-state index in [2.05, 4.69) is 6.58 Å². The van der Waals surface area contributed by atoms with Crippen LogP contribution in [-0.4, -0.2) is 27.3 Å². The monoisotopic (exact) mass is 148 g/mol. The lowest BCUT2D eigenvalue weighted by molar-refractivity contribution is -0.132. The topological polar surface area (TPSA) is 54.4 Å². The number of aliphatic carboxylic acids is 1. The first-order valence-electron chi connectivity index (χ1n) is 2.25. The van der Waals surface area contributed by atoms with Crippen molar-refractivity contribution in [2.75, 3.05) is 12.0 Å². The first-order chi connectivity index (χ1) is 4.04. The van der Waals surface area contributed by atoms with Crippen molar-refractivity contribution in [2.45, 2.75) is 0 Å². The Morgan fingerprint density at radius 3 is 2.33 bits per heavy atom. The molecule has 0 aliphatic rings. The Balaban J connectivity index is 3.79. The zero-order valence-electron chi connectivity index (χ0n) is 5.09. The van der Waals surface area contributed by atoms with Crippen LogP contribution in [0.15, 0.2) is 12.2 Å². The van der Waals surface area contributed by atoms with Gasteiger partial charge in [0.15, 0.2) is 0 Å². The minimum absolute atomic E-state index is 0.00386. The van der Waals surface area contributed by atoms with Gasteiger partial charge in [0.1, 0.15) is 0 Å². The summed E-state index contributed by atoms with van der Waals surface area (Å²) >= 11 is 0. The Bertz CT molecular complexity index is 162. The first-order valence-corrected chi connectivity index (χ1v) is 3.98. The second kappa shape index (κ2) is 3.40. The Hall–Kier alpha value is -0.640. The molecule has 52 valence electrons. The predicted molar refractivity (Wildman–Crippen MR) is 35.7 cm³/mol. The molecule has 1 atom stereocenters. The average Bonchev–Trinajstić information content (AvgIpc) is 1.63. The molecule has 0 saturated carbocycles. The highest BCUT2D eigenvalue weighted by Gasteiger charge is 2.04. The fourth-order valence-electron chi connectivity index (χ4n) is 0.307. The van der Waals surface area contributed by atoms with Gasteiger partial charge in [0.2, 0.25) is 0 Å². The lowest BCUT2D eigenvalue weighted by Gasteiger charge is -1.93. The Morgan fingerprint density at radius 2 is 2.22 bits per heavy atom. The van der Waals surface area contributed by atoms with Crippen LogP contribution in [0.5, 0.6) is 0 Å². The quantitative estimate of drug-likeness (QED) is 0.573. The number of rotatable bonds is 3. The van der Waals surface area contributed by atoms with Crippen molar-refractivity contribution in [1.82, 2.24) is 0 Å². The zero-order valence-corrected chi connectivity index (χ0v) is 5.90. The van der Waals surface area contributed by atoms with Crippen LogP contribution in [0.4, 0.5) is 0 Å². The van der Waals surface area contributed by atoms with Crippen LogP contribution in [0.2, 0.25) is 0 Å². The van der Waals surface area contributed by atoms with E-state index in [1.807, 2.05) is 0 Å². The van der Waals surface area contributed by atoms with E-state index in [-0.39, 0.29) is 11.3 Å². The number of carboxylic acid groups (broad SMARTS) is 1. The second-order valence-corrected chi connectivity index (χ2v) is 3.06. The number of hydrogen-bond acceptors (Lipinski definition) is 2. The molecule has 0 aromatic carbocycles. The van der Waals surface area contributed by atoms with E-state index in [4.69, 9.17) is 5.11 Å². The molecule has 9 heavy (non-hydrogen) atoms. The predicted octanol–water partition coefficient (Wildman–Crippen LogP) is 0.00570. The first kappa shape index (κ1) is 8.36. The van der Waals surface area contributed by atoms with Crippen LogP contribution in [0, 0.1) is 0 Å². The Labute approximate surface area is 55.8 Å². The molecule has 0 radical (unpaired) electrons. The summed E-state index contributed by atoms with van der Waals surface area (Å²) < 4.78 is 10.3. The van der Waals surface area contributed by atoms with Crippen molar-refractivity contribution in [3.05, 3.63) is 12.2 Å². The molecule has 0 bridgehead atoms. The molecule has 0 aliphatic heterocycles. The minimum atomic E-state index is -1.10. The van der Waals surface area contributed by atoms with E-state index < -0.39 is 16.8 Å². The third-order valence-corrected chi connectivity index (χ3v) is 1.43. The summed E-state index contributed by atoms with van der Waals surface area (Å²) in [6.45, 7) is 3.20. The van der Waals surface area contributed by atoms with Gasteiger partial charge in [-0.3, -0.25) is 4.21 Å². The van der Waals surface area contributed by atoms with Gasteiger partial charge < -0.3 is 5.11 Å². The summed E-state index contributed by atoms with van der Waals surface area (Å²) in [5.41, 5.74) is -0.00386. The van der Waals surface area contributed by atoms with Crippen LogP contribution in [-0.2, 0) is 15.6 Å². The van der Waals surface area contributed by atoms with E-state index in [0.717, 1.165) is 0 Å². The molecular weight excluding hydrogens is 140 g/mol. The van der Waals surface area contributed by atoms with Gasteiger partial charge >= 0.3 is 5.97 Å². The van der Waals surface area contributed by atoms with Crippen LogP contribution in [0.25, 0.3) is 0 Å². The van der Waals surface area contributed by atoms with Crippen LogP contribution >= 0.6 is 0 Å². The molecule has 0 heterocycles. The molecular formula is C5H8O3S. The summed E-state index contributed by atoms with van der Waals surface area (Å²) in [5.74, 6) is -1.03. The highest BCUT2D eigenvalue weighted by molar-refractivity contribution is 7.84. The molecule has 0 aliphatic carbocycles. The molecule has 0 aromatic rings. The summed E-state index contributed by atoms with van der Waals surface area (Å²) in [6.07, 6.45) is 1.44. The molecule has 0 saturated heterocycles. The zero-order chi connectivity index (χ0) is 7.44. The molecule has 1 N–H and O–H groups in total. The number of hydrogen-bond donors (Lipinski definition) is 1. The van der Waals surface area contributed by atoms with Gasteiger partial charge in [0.05, 0.1) is 5.75 Å². The van der Waals surface area contributed by atoms with Gasteiger partial charge in [0, 0.05) is 22.6 Å². The molecule has 4 heteroatoms. The van der Waals surface area contributed by atoms with Crippen molar-refractivity contribution in [2.24, 2.45) is 0 Å². The van der Waals surface area contributed by atoms with E-state index in [0.29, 0.717) is 0 Å². The summed E-state index contributed by atoms with van der Waals surface area (Å²) in [6, 6.07) is 0. The lowest BCUT2D eigenvalue weighted by atomic mass is 10.4. The van der Waals surface area contributed by atoms with Gasteiger partial charge in [0.25, 0.3) is 0 Å². The third-order valence-electron chi connectivity index (χ3n) is 0.680. The molecule has 0 spiro atoms. The maximum atomic E-state index is 10.3. The largest absolute Gasteiger partial charge is 0.478 e. The van der Waals surface area contributed by atoms with Crippen LogP contribution < -0.4 is 0 Å².